The summed E-state index contributed by atoms with van der Waals surface area (Å²) >= 11 is 0. The molecule has 0 saturated carbocycles. The molecular weight excluding hydrogens is 291 g/mol. The average molecular weight is 309 g/mol. The lowest BCUT2D eigenvalue weighted by Gasteiger charge is -2.31. The maximum absolute atomic E-state index is 13.5. The van der Waals surface area contributed by atoms with Crippen LogP contribution in [0.25, 0.3) is 11.1 Å². The highest BCUT2D eigenvalue weighted by molar-refractivity contribution is 5.73. The van der Waals surface area contributed by atoms with Crippen molar-refractivity contribution in [3.05, 3.63) is 35.7 Å². The fraction of sp³-hybridized carbons (Fsp3) is 0.438. The summed E-state index contributed by atoms with van der Waals surface area (Å²) in [6, 6.07) is 3.00. The Kier molecular flexibility index (Phi) is 3.62. The number of rotatable bonds is 2. The molecule has 22 heavy (non-hydrogen) atoms. The molecular formula is C16H18F3N3. The standard InChI is InChI=1S/C16H18F3N3/c1-3-22-6-4-5-11-7-13(12-9-20-21(2)10-12)14(8-15(11)22)16(17,18)19/h7-10H,3-6H2,1-2H3. The highest BCUT2D eigenvalue weighted by atomic mass is 19.4. The number of benzene rings is 1. The third-order valence-electron chi connectivity index (χ3n) is 4.14. The summed E-state index contributed by atoms with van der Waals surface area (Å²) in [5.41, 5.74) is 1.84. The predicted octanol–water partition coefficient (Wildman–Crippen LogP) is 3.88. The smallest absolute Gasteiger partial charge is 0.372 e. The maximum atomic E-state index is 13.5. The maximum Gasteiger partial charge on any atom is 0.417 e. The van der Waals surface area contributed by atoms with Gasteiger partial charge in [-0.05, 0) is 43.0 Å². The molecule has 0 amide bonds. The molecule has 0 bridgehead atoms. The Morgan fingerprint density at radius 1 is 1.27 bits per heavy atom. The van der Waals surface area contributed by atoms with Gasteiger partial charge in [-0.25, -0.2) is 0 Å². The molecule has 118 valence electrons. The summed E-state index contributed by atoms with van der Waals surface area (Å²) in [6.07, 6.45) is 0.516. The lowest BCUT2D eigenvalue weighted by Crippen LogP contribution is -2.29. The number of fused-ring (bicyclic) bond motifs is 1. The van der Waals surface area contributed by atoms with Gasteiger partial charge in [-0.1, -0.05) is 0 Å². The van der Waals surface area contributed by atoms with Crippen molar-refractivity contribution in [3.63, 3.8) is 0 Å². The second-order valence-corrected chi connectivity index (χ2v) is 5.61. The van der Waals surface area contributed by atoms with E-state index >= 15 is 0 Å². The Labute approximate surface area is 127 Å². The van der Waals surface area contributed by atoms with E-state index in [1.165, 1.54) is 16.9 Å². The van der Waals surface area contributed by atoms with Crippen molar-refractivity contribution in [2.24, 2.45) is 7.05 Å². The van der Waals surface area contributed by atoms with E-state index in [2.05, 4.69) is 5.10 Å². The van der Waals surface area contributed by atoms with E-state index in [0.717, 1.165) is 31.5 Å². The number of nitrogens with zero attached hydrogens (tertiary/aromatic N) is 3. The Balaban J connectivity index is 2.21. The van der Waals surface area contributed by atoms with E-state index in [9.17, 15) is 13.2 Å². The molecule has 1 aromatic heterocycles. The molecule has 6 heteroatoms. The molecule has 0 radical (unpaired) electrons. The Morgan fingerprint density at radius 2 is 2.05 bits per heavy atom. The number of aromatic nitrogens is 2. The second-order valence-electron chi connectivity index (χ2n) is 5.61. The number of alkyl halides is 3. The van der Waals surface area contributed by atoms with Crippen molar-refractivity contribution in [1.29, 1.82) is 0 Å². The molecule has 0 unspecified atom stereocenters. The van der Waals surface area contributed by atoms with E-state index in [4.69, 9.17) is 0 Å². The molecule has 3 nitrogen and oxygen atoms in total. The summed E-state index contributed by atoms with van der Waals surface area (Å²) in [6.45, 7) is 3.50. The summed E-state index contributed by atoms with van der Waals surface area (Å²) in [5.74, 6) is 0. The van der Waals surface area contributed by atoms with Crippen LogP contribution in [0, 0.1) is 0 Å². The molecule has 0 saturated heterocycles. The molecule has 1 aliphatic rings. The number of hydrogen-bond donors (Lipinski definition) is 0. The van der Waals surface area contributed by atoms with Crippen LogP contribution < -0.4 is 4.90 Å². The number of hydrogen-bond acceptors (Lipinski definition) is 2. The monoisotopic (exact) mass is 309 g/mol. The van der Waals surface area contributed by atoms with Crippen LogP contribution in [0.3, 0.4) is 0 Å². The second kappa shape index (κ2) is 5.34. The first-order valence-electron chi connectivity index (χ1n) is 7.38. The van der Waals surface area contributed by atoms with Crippen molar-refractivity contribution in [1.82, 2.24) is 9.78 Å². The molecule has 2 aromatic rings. The van der Waals surface area contributed by atoms with Gasteiger partial charge in [0.1, 0.15) is 0 Å². The van der Waals surface area contributed by atoms with E-state index < -0.39 is 11.7 Å². The van der Waals surface area contributed by atoms with Gasteiger partial charge in [0.05, 0.1) is 11.8 Å². The van der Waals surface area contributed by atoms with E-state index in [1.54, 1.807) is 19.3 Å². The SMILES string of the molecule is CCN1CCCc2cc(-c3cnn(C)c3)c(C(F)(F)F)cc21. The summed E-state index contributed by atoms with van der Waals surface area (Å²) in [5, 5.41) is 4.00. The zero-order valence-electron chi connectivity index (χ0n) is 12.6. The number of aryl methyl sites for hydroxylation is 2. The van der Waals surface area contributed by atoms with Gasteiger partial charge < -0.3 is 4.90 Å². The number of halogens is 3. The normalized spacial score (nSPS) is 15.0. The van der Waals surface area contributed by atoms with Crippen LogP contribution in [0.5, 0.6) is 0 Å². The quantitative estimate of drug-likeness (QED) is 0.839. The van der Waals surface area contributed by atoms with E-state index in [1.807, 2.05) is 11.8 Å². The average Bonchev–Trinajstić information content (AvgIpc) is 2.90. The molecule has 0 N–H and O–H groups in total. The van der Waals surface area contributed by atoms with Crippen molar-refractivity contribution in [2.45, 2.75) is 25.9 Å². The Morgan fingerprint density at radius 3 is 2.64 bits per heavy atom. The zero-order valence-corrected chi connectivity index (χ0v) is 12.6. The minimum absolute atomic E-state index is 0.220. The van der Waals surface area contributed by atoms with Crippen molar-refractivity contribution < 1.29 is 13.2 Å². The lowest BCUT2D eigenvalue weighted by molar-refractivity contribution is -0.137. The highest BCUT2D eigenvalue weighted by Crippen LogP contribution is 2.42. The van der Waals surface area contributed by atoms with Gasteiger partial charge in [-0.3, -0.25) is 4.68 Å². The highest BCUT2D eigenvalue weighted by Gasteiger charge is 2.36. The molecule has 0 fully saturated rings. The van der Waals surface area contributed by atoms with Crippen LogP contribution in [0.15, 0.2) is 24.5 Å². The fourth-order valence-electron chi connectivity index (χ4n) is 3.07. The molecule has 0 aliphatic carbocycles. The van der Waals surface area contributed by atoms with Gasteiger partial charge in [0.15, 0.2) is 0 Å². The molecule has 2 heterocycles. The molecule has 0 spiro atoms. The Bertz CT molecular complexity index is 688. The largest absolute Gasteiger partial charge is 0.417 e. The van der Waals surface area contributed by atoms with Crippen molar-refractivity contribution >= 4 is 5.69 Å². The number of anilines is 1. The first-order chi connectivity index (χ1) is 10.4. The zero-order chi connectivity index (χ0) is 15.9. The Hall–Kier alpha value is -1.98. The summed E-state index contributed by atoms with van der Waals surface area (Å²) < 4.78 is 42.0. The topological polar surface area (TPSA) is 21.1 Å². The fourth-order valence-corrected chi connectivity index (χ4v) is 3.07. The van der Waals surface area contributed by atoms with Crippen molar-refractivity contribution in [3.8, 4) is 11.1 Å². The first-order valence-corrected chi connectivity index (χ1v) is 7.38. The minimum Gasteiger partial charge on any atom is -0.372 e. The van der Waals surface area contributed by atoms with E-state index in [0.29, 0.717) is 11.3 Å². The molecule has 1 aliphatic heterocycles. The third-order valence-corrected chi connectivity index (χ3v) is 4.14. The summed E-state index contributed by atoms with van der Waals surface area (Å²) in [4.78, 5) is 2.01. The van der Waals surface area contributed by atoms with Gasteiger partial charge in [0.2, 0.25) is 0 Å². The van der Waals surface area contributed by atoms with Crippen molar-refractivity contribution in [2.75, 3.05) is 18.0 Å². The van der Waals surface area contributed by atoms with Gasteiger partial charge in [-0.2, -0.15) is 18.3 Å². The molecule has 0 atom stereocenters. The van der Waals surface area contributed by atoms with Crippen LogP contribution in [0.1, 0.15) is 24.5 Å². The molecule has 1 aromatic carbocycles. The van der Waals surface area contributed by atoms with Crippen LogP contribution in [-0.4, -0.2) is 22.9 Å². The van der Waals surface area contributed by atoms with Crippen LogP contribution >= 0.6 is 0 Å². The minimum atomic E-state index is -4.38. The van der Waals surface area contributed by atoms with Gasteiger partial charge in [-0.15, -0.1) is 0 Å². The van der Waals surface area contributed by atoms with Crippen LogP contribution in [0.4, 0.5) is 18.9 Å². The van der Waals surface area contributed by atoms with Gasteiger partial charge in [0, 0.05) is 37.6 Å². The first kappa shape index (κ1) is 14.9. The predicted molar refractivity (Wildman–Crippen MR) is 79.9 cm³/mol. The lowest BCUT2D eigenvalue weighted by atomic mass is 9.93. The van der Waals surface area contributed by atoms with Gasteiger partial charge >= 0.3 is 6.18 Å². The van der Waals surface area contributed by atoms with E-state index in [-0.39, 0.29) is 5.56 Å². The molecule has 3 rings (SSSR count). The van der Waals surface area contributed by atoms with Crippen LogP contribution in [-0.2, 0) is 19.6 Å². The van der Waals surface area contributed by atoms with Gasteiger partial charge in [0.25, 0.3) is 0 Å². The van der Waals surface area contributed by atoms with Crippen LogP contribution in [0.2, 0.25) is 0 Å². The summed E-state index contributed by atoms with van der Waals surface area (Å²) in [7, 11) is 1.70. The third kappa shape index (κ3) is 2.58.